The number of non-ortho nitro benzene ring substituents is 1. The minimum absolute atomic E-state index is 0.0332. The van der Waals surface area contributed by atoms with Crippen LogP contribution in [0, 0.1) is 24.0 Å². The number of benzene rings is 1. The van der Waals surface area contributed by atoms with Crippen LogP contribution in [0.4, 0.5) is 5.69 Å². The second-order valence-electron chi connectivity index (χ2n) is 5.01. The van der Waals surface area contributed by atoms with Gasteiger partial charge >= 0.3 is 0 Å². The molecule has 2 rings (SSSR count). The minimum Gasteiger partial charge on any atom is -0.271 e. The summed E-state index contributed by atoms with van der Waals surface area (Å²) in [6.07, 6.45) is 0. The van der Waals surface area contributed by atoms with Crippen LogP contribution in [0.1, 0.15) is 21.7 Å². The zero-order valence-corrected chi connectivity index (χ0v) is 13.6. The Morgan fingerprint density at radius 1 is 1.29 bits per heavy atom. The Labute approximate surface area is 141 Å². The van der Waals surface area contributed by atoms with Crippen LogP contribution in [0.15, 0.2) is 24.3 Å². The van der Waals surface area contributed by atoms with E-state index in [0.29, 0.717) is 0 Å². The molecule has 0 aliphatic carbocycles. The van der Waals surface area contributed by atoms with E-state index in [0.717, 1.165) is 17.5 Å². The lowest BCUT2D eigenvalue weighted by molar-refractivity contribution is -0.384. The highest BCUT2D eigenvalue weighted by molar-refractivity contribution is 6.33. The standard InChI is InChI=1S/C14H14ClN5O4/c1-8-5-9(2)19(18-8)7-13(21)16-17-14(22)11-6-10(20(23)24)3-4-12(11)15/h3-6H,7H2,1-2H3,(H,16,21)(H,17,22). The molecule has 126 valence electrons. The lowest BCUT2D eigenvalue weighted by atomic mass is 10.2. The summed E-state index contributed by atoms with van der Waals surface area (Å²) in [7, 11) is 0. The molecule has 2 N–H and O–H groups in total. The number of rotatable bonds is 4. The van der Waals surface area contributed by atoms with Crippen molar-refractivity contribution in [1.29, 1.82) is 0 Å². The van der Waals surface area contributed by atoms with Gasteiger partial charge in [-0.05, 0) is 26.0 Å². The van der Waals surface area contributed by atoms with E-state index in [9.17, 15) is 19.7 Å². The van der Waals surface area contributed by atoms with Gasteiger partial charge in [0.25, 0.3) is 17.5 Å². The molecule has 0 saturated carbocycles. The van der Waals surface area contributed by atoms with Crippen molar-refractivity contribution >= 4 is 29.1 Å². The Morgan fingerprint density at radius 2 is 2.00 bits per heavy atom. The molecule has 1 aromatic carbocycles. The summed E-state index contributed by atoms with van der Waals surface area (Å²) in [5.41, 5.74) is 5.56. The third-order valence-corrected chi connectivity index (χ3v) is 3.45. The summed E-state index contributed by atoms with van der Waals surface area (Å²) in [5, 5.41) is 14.9. The van der Waals surface area contributed by atoms with E-state index in [1.165, 1.54) is 16.8 Å². The second kappa shape index (κ2) is 7.09. The molecule has 0 saturated heterocycles. The first kappa shape index (κ1) is 17.4. The minimum atomic E-state index is -0.759. The van der Waals surface area contributed by atoms with Crippen molar-refractivity contribution in [2.75, 3.05) is 0 Å². The highest BCUT2D eigenvalue weighted by atomic mass is 35.5. The van der Waals surface area contributed by atoms with Crippen LogP contribution in [-0.2, 0) is 11.3 Å². The van der Waals surface area contributed by atoms with Crippen LogP contribution < -0.4 is 10.9 Å². The van der Waals surface area contributed by atoms with Gasteiger partial charge in [0.2, 0.25) is 0 Å². The molecule has 2 aromatic rings. The molecule has 1 aromatic heterocycles. The Morgan fingerprint density at radius 3 is 2.58 bits per heavy atom. The molecular formula is C14H14ClN5O4. The van der Waals surface area contributed by atoms with Crippen molar-refractivity contribution < 1.29 is 14.5 Å². The molecule has 24 heavy (non-hydrogen) atoms. The predicted octanol–water partition coefficient (Wildman–Crippen LogP) is 1.52. The van der Waals surface area contributed by atoms with Crippen LogP contribution >= 0.6 is 11.6 Å². The van der Waals surface area contributed by atoms with Crippen LogP contribution in [0.2, 0.25) is 5.02 Å². The van der Waals surface area contributed by atoms with Gasteiger partial charge < -0.3 is 0 Å². The molecule has 0 unspecified atom stereocenters. The molecule has 2 amide bonds. The molecule has 0 atom stereocenters. The number of aryl methyl sites for hydroxylation is 2. The van der Waals surface area contributed by atoms with Crippen molar-refractivity contribution in [1.82, 2.24) is 20.6 Å². The van der Waals surface area contributed by atoms with E-state index in [-0.39, 0.29) is 22.8 Å². The first-order valence-electron chi connectivity index (χ1n) is 6.82. The van der Waals surface area contributed by atoms with Crippen LogP contribution in [0.3, 0.4) is 0 Å². The maximum atomic E-state index is 12.0. The lowest BCUT2D eigenvalue weighted by Gasteiger charge is -2.09. The normalized spacial score (nSPS) is 10.3. The topological polar surface area (TPSA) is 119 Å². The fourth-order valence-electron chi connectivity index (χ4n) is 2.01. The van der Waals surface area contributed by atoms with Crippen LogP contribution in [0.25, 0.3) is 0 Å². The summed E-state index contributed by atoms with van der Waals surface area (Å²) in [4.78, 5) is 34.0. The fourth-order valence-corrected chi connectivity index (χ4v) is 2.21. The SMILES string of the molecule is Cc1cc(C)n(CC(=O)NNC(=O)c2cc([N+](=O)[O-])ccc2Cl)n1. The Hall–Kier alpha value is -2.94. The van der Waals surface area contributed by atoms with Gasteiger partial charge in [-0.3, -0.25) is 35.2 Å². The zero-order chi connectivity index (χ0) is 17.9. The number of halogens is 1. The average molecular weight is 352 g/mol. The highest BCUT2D eigenvalue weighted by Crippen LogP contribution is 2.21. The maximum absolute atomic E-state index is 12.0. The molecule has 0 bridgehead atoms. The van der Waals surface area contributed by atoms with Gasteiger partial charge in [0, 0.05) is 17.8 Å². The summed E-state index contributed by atoms with van der Waals surface area (Å²) in [6, 6.07) is 5.27. The maximum Gasteiger partial charge on any atom is 0.271 e. The Kier molecular flexibility index (Phi) is 5.14. The number of nitrogens with one attached hydrogen (secondary N) is 2. The number of hydrogen-bond acceptors (Lipinski definition) is 5. The van der Waals surface area contributed by atoms with E-state index >= 15 is 0 Å². The average Bonchev–Trinajstić information content (AvgIpc) is 2.82. The number of carbonyl (C=O) groups excluding carboxylic acids is 2. The fraction of sp³-hybridized carbons (Fsp3) is 0.214. The summed E-state index contributed by atoms with van der Waals surface area (Å²) in [5.74, 6) is -1.26. The Bertz CT molecular complexity index is 817. The zero-order valence-electron chi connectivity index (χ0n) is 12.9. The smallest absolute Gasteiger partial charge is 0.271 e. The van der Waals surface area contributed by atoms with Gasteiger partial charge in [-0.15, -0.1) is 0 Å². The third-order valence-electron chi connectivity index (χ3n) is 3.12. The quantitative estimate of drug-likeness (QED) is 0.639. The number of amides is 2. The predicted molar refractivity (Wildman–Crippen MR) is 85.4 cm³/mol. The van der Waals surface area contributed by atoms with Gasteiger partial charge in [0.15, 0.2) is 0 Å². The highest BCUT2D eigenvalue weighted by Gasteiger charge is 2.16. The largest absolute Gasteiger partial charge is 0.271 e. The van der Waals surface area contributed by atoms with E-state index in [1.54, 1.807) is 13.8 Å². The van der Waals surface area contributed by atoms with Gasteiger partial charge in [-0.1, -0.05) is 11.6 Å². The van der Waals surface area contributed by atoms with E-state index in [1.807, 2.05) is 6.07 Å². The van der Waals surface area contributed by atoms with Crippen molar-refractivity contribution in [3.8, 4) is 0 Å². The number of hydrazine groups is 1. The molecule has 0 aliphatic rings. The molecule has 0 radical (unpaired) electrons. The third kappa shape index (κ3) is 4.07. The summed E-state index contributed by atoms with van der Waals surface area (Å²) in [6.45, 7) is 3.52. The number of carbonyl (C=O) groups is 2. The second-order valence-corrected chi connectivity index (χ2v) is 5.42. The van der Waals surface area contributed by atoms with Crippen molar-refractivity contribution in [2.24, 2.45) is 0 Å². The molecule has 0 fully saturated rings. The molecule has 0 spiro atoms. The van der Waals surface area contributed by atoms with Gasteiger partial charge in [0.05, 0.1) is 21.2 Å². The van der Waals surface area contributed by atoms with E-state index < -0.39 is 16.7 Å². The summed E-state index contributed by atoms with van der Waals surface area (Å²) >= 11 is 5.85. The Balaban J connectivity index is 2.00. The molecule has 9 nitrogen and oxygen atoms in total. The monoisotopic (exact) mass is 351 g/mol. The van der Waals surface area contributed by atoms with Gasteiger partial charge in [-0.2, -0.15) is 5.10 Å². The number of nitrogens with zero attached hydrogens (tertiary/aromatic N) is 3. The lowest BCUT2D eigenvalue weighted by Crippen LogP contribution is -2.43. The number of nitro groups is 1. The number of hydrogen-bond donors (Lipinski definition) is 2. The van der Waals surface area contributed by atoms with E-state index in [2.05, 4.69) is 16.0 Å². The molecule has 10 heteroatoms. The van der Waals surface area contributed by atoms with Crippen molar-refractivity contribution in [3.05, 3.63) is 56.4 Å². The molecule has 0 aliphatic heterocycles. The van der Waals surface area contributed by atoms with E-state index in [4.69, 9.17) is 11.6 Å². The van der Waals surface area contributed by atoms with Gasteiger partial charge in [-0.25, -0.2) is 0 Å². The first-order valence-corrected chi connectivity index (χ1v) is 7.20. The van der Waals surface area contributed by atoms with Gasteiger partial charge in [0.1, 0.15) is 6.54 Å². The van der Waals surface area contributed by atoms with Crippen molar-refractivity contribution in [2.45, 2.75) is 20.4 Å². The van der Waals surface area contributed by atoms with Crippen LogP contribution in [-0.4, -0.2) is 26.5 Å². The molecule has 1 heterocycles. The summed E-state index contributed by atoms with van der Waals surface area (Å²) < 4.78 is 1.48. The molecular weight excluding hydrogens is 338 g/mol. The number of nitro benzene ring substituents is 1. The van der Waals surface area contributed by atoms with Crippen molar-refractivity contribution in [3.63, 3.8) is 0 Å². The first-order chi connectivity index (χ1) is 11.3. The number of aromatic nitrogens is 2. The van der Waals surface area contributed by atoms with Crippen LogP contribution in [0.5, 0.6) is 0 Å².